The summed E-state index contributed by atoms with van der Waals surface area (Å²) < 4.78 is 39.9. The molecule has 0 amide bonds. The van der Waals surface area contributed by atoms with E-state index < -0.39 is 5.92 Å². The third-order valence-corrected chi connectivity index (χ3v) is 5.39. The Morgan fingerprint density at radius 2 is 2.03 bits per heavy atom. The van der Waals surface area contributed by atoms with Crippen LogP contribution in [0.3, 0.4) is 0 Å². The Bertz CT molecular complexity index is 1120. The molecule has 9 nitrogen and oxygen atoms in total. The molecular formula is C22H24F2N6O3. The number of nitrogens with zero attached hydrogens (tertiary/aromatic N) is 5. The van der Waals surface area contributed by atoms with E-state index in [1.165, 1.54) is 6.20 Å². The smallest absolute Gasteiger partial charge is 0.248 e. The maximum absolute atomic E-state index is 13.6. The molecule has 3 aromatic rings. The Balaban J connectivity index is 1.61. The van der Waals surface area contributed by atoms with Crippen molar-refractivity contribution >= 4 is 17.0 Å². The summed E-state index contributed by atoms with van der Waals surface area (Å²) in [6.07, 6.45) is 3.33. The fourth-order valence-corrected chi connectivity index (χ4v) is 3.65. The minimum absolute atomic E-state index is 0.0759. The first-order chi connectivity index (χ1) is 16.0. The predicted molar refractivity (Wildman–Crippen MR) is 116 cm³/mol. The molecule has 3 aromatic heterocycles. The van der Waals surface area contributed by atoms with Gasteiger partial charge in [0.1, 0.15) is 30.3 Å². The van der Waals surface area contributed by atoms with Gasteiger partial charge < -0.3 is 19.9 Å². The number of hydrogen-bond donors (Lipinski definition) is 2. The van der Waals surface area contributed by atoms with Gasteiger partial charge in [0.05, 0.1) is 25.4 Å². The molecule has 1 fully saturated rings. The molecule has 33 heavy (non-hydrogen) atoms. The molecule has 1 aliphatic carbocycles. The summed E-state index contributed by atoms with van der Waals surface area (Å²) in [5.74, 6) is -1.22. The summed E-state index contributed by atoms with van der Waals surface area (Å²) in [5.41, 5.74) is 1.51. The van der Waals surface area contributed by atoms with E-state index in [0.717, 1.165) is 0 Å². The number of pyridine rings is 2. The summed E-state index contributed by atoms with van der Waals surface area (Å²) in [6, 6.07) is 6.95. The van der Waals surface area contributed by atoms with Crippen LogP contribution in [-0.4, -0.2) is 63.0 Å². The first-order valence-corrected chi connectivity index (χ1v) is 10.7. The normalized spacial score (nSPS) is 15.9. The van der Waals surface area contributed by atoms with E-state index in [2.05, 4.69) is 15.3 Å². The summed E-state index contributed by atoms with van der Waals surface area (Å²) in [6.45, 7) is 0.636. The van der Waals surface area contributed by atoms with Crippen molar-refractivity contribution in [1.29, 1.82) is 5.26 Å². The average Bonchev–Trinajstić information content (AvgIpc) is 3.23. The number of halogens is 2. The Labute approximate surface area is 189 Å². The Kier molecular flexibility index (Phi) is 6.96. The largest absolute Gasteiger partial charge is 0.487 e. The quantitative estimate of drug-likeness (QED) is 0.470. The Hall–Kier alpha value is -3.36. The zero-order valence-corrected chi connectivity index (χ0v) is 17.9. The van der Waals surface area contributed by atoms with Crippen molar-refractivity contribution in [2.45, 2.75) is 37.6 Å². The molecule has 2 N–H and O–H groups in total. The number of nitrogens with one attached hydrogen (secondary N) is 1. The number of alkyl halides is 2. The second-order valence-electron chi connectivity index (χ2n) is 7.77. The van der Waals surface area contributed by atoms with Crippen LogP contribution < -0.4 is 10.1 Å². The van der Waals surface area contributed by atoms with Crippen molar-refractivity contribution < 1.29 is 23.4 Å². The molecule has 1 saturated carbocycles. The SMILES string of the molecule is N#Cc1ccc(-n2cnc3cc(OCCOCCO)c(NC4CCC(F)(F)CC4)nc32)nc1. The van der Waals surface area contributed by atoms with Crippen LogP contribution in [0.15, 0.2) is 30.7 Å². The van der Waals surface area contributed by atoms with Gasteiger partial charge in [-0.1, -0.05) is 0 Å². The fourth-order valence-electron chi connectivity index (χ4n) is 3.65. The van der Waals surface area contributed by atoms with Crippen LogP contribution in [0.1, 0.15) is 31.2 Å². The molecule has 0 aliphatic heterocycles. The Morgan fingerprint density at radius 1 is 1.21 bits per heavy atom. The maximum atomic E-state index is 13.6. The van der Waals surface area contributed by atoms with E-state index in [1.807, 2.05) is 6.07 Å². The minimum atomic E-state index is -2.63. The van der Waals surface area contributed by atoms with Crippen LogP contribution in [0.4, 0.5) is 14.6 Å². The van der Waals surface area contributed by atoms with Crippen molar-refractivity contribution in [2.24, 2.45) is 0 Å². The lowest BCUT2D eigenvalue weighted by Crippen LogP contribution is -2.32. The van der Waals surface area contributed by atoms with E-state index in [9.17, 15) is 8.78 Å². The molecular weight excluding hydrogens is 434 g/mol. The number of fused-ring (bicyclic) bond motifs is 1. The number of rotatable bonds is 9. The van der Waals surface area contributed by atoms with Crippen molar-refractivity contribution in [3.63, 3.8) is 0 Å². The van der Waals surface area contributed by atoms with E-state index in [-0.39, 0.29) is 45.3 Å². The average molecular weight is 458 g/mol. The van der Waals surface area contributed by atoms with Crippen LogP contribution in [-0.2, 0) is 4.74 Å². The molecule has 0 radical (unpaired) electrons. The van der Waals surface area contributed by atoms with Gasteiger partial charge in [0, 0.05) is 31.1 Å². The van der Waals surface area contributed by atoms with Crippen molar-refractivity contribution in [1.82, 2.24) is 19.5 Å². The molecule has 3 heterocycles. The van der Waals surface area contributed by atoms with Crippen molar-refractivity contribution in [2.75, 3.05) is 31.7 Å². The summed E-state index contributed by atoms with van der Waals surface area (Å²) >= 11 is 0. The predicted octanol–water partition coefficient (Wildman–Crippen LogP) is 3.06. The maximum Gasteiger partial charge on any atom is 0.248 e. The molecule has 0 saturated heterocycles. The standard InChI is InChI=1S/C22H24F2N6O3/c23-22(24)5-3-16(4-6-22)28-20-18(33-10-9-32-8-7-31)11-17-21(29-20)30(14-27-17)19-2-1-15(12-25)13-26-19/h1-2,11,13-14,16,31H,3-10H2,(H,28,29). The lowest BCUT2D eigenvalue weighted by atomic mass is 9.92. The van der Waals surface area contributed by atoms with Gasteiger partial charge in [-0.05, 0) is 25.0 Å². The number of nitriles is 1. The van der Waals surface area contributed by atoms with Crippen LogP contribution in [0.25, 0.3) is 17.0 Å². The summed E-state index contributed by atoms with van der Waals surface area (Å²) in [5, 5.41) is 21.1. The third kappa shape index (κ3) is 5.53. The fraction of sp³-hybridized carbons (Fsp3) is 0.455. The van der Waals surface area contributed by atoms with E-state index in [0.29, 0.717) is 47.0 Å². The number of aliphatic hydroxyl groups excluding tert-OH is 1. The molecule has 11 heteroatoms. The molecule has 0 unspecified atom stereocenters. The van der Waals surface area contributed by atoms with Gasteiger partial charge in [-0.25, -0.2) is 23.7 Å². The monoisotopic (exact) mass is 458 g/mol. The number of aliphatic hydroxyl groups is 1. The van der Waals surface area contributed by atoms with Gasteiger partial charge >= 0.3 is 0 Å². The second-order valence-corrected chi connectivity index (χ2v) is 7.77. The zero-order valence-electron chi connectivity index (χ0n) is 17.9. The van der Waals surface area contributed by atoms with Crippen LogP contribution in [0.5, 0.6) is 5.75 Å². The first-order valence-electron chi connectivity index (χ1n) is 10.7. The van der Waals surface area contributed by atoms with Crippen LogP contribution >= 0.6 is 0 Å². The van der Waals surface area contributed by atoms with Crippen LogP contribution in [0, 0.1) is 11.3 Å². The molecule has 0 atom stereocenters. The number of hydrogen-bond acceptors (Lipinski definition) is 8. The van der Waals surface area contributed by atoms with E-state index in [4.69, 9.17) is 24.8 Å². The highest BCUT2D eigenvalue weighted by Gasteiger charge is 2.35. The number of ether oxygens (including phenoxy) is 2. The third-order valence-electron chi connectivity index (χ3n) is 5.39. The number of anilines is 1. The van der Waals surface area contributed by atoms with Gasteiger partial charge in [-0.15, -0.1) is 0 Å². The van der Waals surface area contributed by atoms with Crippen LogP contribution in [0.2, 0.25) is 0 Å². The first kappa shape index (κ1) is 22.8. The second kappa shape index (κ2) is 10.1. The minimum Gasteiger partial charge on any atom is -0.487 e. The molecule has 4 rings (SSSR count). The highest BCUT2D eigenvalue weighted by molar-refractivity contribution is 5.78. The highest BCUT2D eigenvalue weighted by Crippen LogP contribution is 2.36. The van der Waals surface area contributed by atoms with Gasteiger partial charge in [0.15, 0.2) is 17.2 Å². The molecule has 1 aliphatic rings. The Morgan fingerprint density at radius 3 is 2.73 bits per heavy atom. The van der Waals surface area contributed by atoms with E-state index >= 15 is 0 Å². The van der Waals surface area contributed by atoms with Crippen molar-refractivity contribution in [3.8, 4) is 17.6 Å². The van der Waals surface area contributed by atoms with E-state index in [1.54, 1.807) is 29.1 Å². The lowest BCUT2D eigenvalue weighted by molar-refractivity contribution is -0.0361. The van der Waals surface area contributed by atoms with Crippen molar-refractivity contribution in [3.05, 3.63) is 36.3 Å². The zero-order chi connectivity index (χ0) is 23.3. The van der Waals surface area contributed by atoms with Gasteiger partial charge in [-0.3, -0.25) is 4.57 Å². The molecule has 0 aromatic carbocycles. The lowest BCUT2D eigenvalue weighted by Gasteiger charge is -2.29. The summed E-state index contributed by atoms with van der Waals surface area (Å²) in [4.78, 5) is 13.4. The van der Waals surface area contributed by atoms with Gasteiger partial charge in [0.25, 0.3) is 0 Å². The number of aromatic nitrogens is 4. The van der Waals surface area contributed by atoms with Gasteiger partial charge in [-0.2, -0.15) is 5.26 Å². The topological polar surface area (TPSA) is 118 Å². The summed E-state index contributed by atoms with van der Waals surface area (Å²) in [7, 11) is 0. The number of imidazole rings is 1. The highest BCUT2D eigenvalue weighted by atomic mass is 19.3. The molecule has 174 valence electrons. The van der Waals surface area contributed by atoms with Gasteiger partial charge in [0.2, 0.25) is 5.92 Å². The molecule has 0 bridgehead atoms. The molecule has 0 spiro atoms.